The van der Waals surface area contributed by atoms with Crippen molar-refractivity contribution in [2.45, 2.75) is 6.42 Å². The van der Waals surface area contributed by atoms with Crippen LogP contribution in [-0.2, 0) is 25.8 Å². The summed E-state index contributed by atoms with van der Waals surface area (Å²) in [6.07, 6.45) is 0.445. The summed E-state index contributed by atoms with van der Waals surface area (Å²) in [6, 6.07) is 14.2. The van der Waals surface area contributed by atoms with Crippen LogP contribution in [0.4, 0.5) is 10.1 Å². The first kappa shape index (κ1) is 19.6. The second-order valence-corrected chi connectivity index (χ2v) is 7.74. The Morgan fingerprint density at radius 2 is 1.50 bits per heavy atom. The average molecular weight is 378 g/mol. The van der Waals surface area contributed by atoms with Crippen molar-refractivity contribution in [2.24, 2.45) is 0 Å². The average Bonchev–Trinajstić information content (AvgIpc) is 2.56. The third kappa shape index (κ3) is 7.02. The number of rotatable bonds is 8. The van der Waals surface area contributed by atoms with Crippen LogP contribution in [0, 0.1) is 5.82 Å². The molecule has 0 aromatic heterocycles. The monoisotopic (exact) mass is 378 g/mol. The van der Waals surface area contributed by atoms with E-state index in [-0.39, 0.29) is 12.4 Å². The number of carbonyl (C=O) groups is 2. The molecule has 2 rings (SSSR count). The molecule has 0 atom stereocenters. The van der Waals surface area contributed by atoms with E-state index in [1.54, 1.807) is 42.5 Å². The molecule has 2 N–H and O–H groups in total. The summed E-state index contributed by atoms with van der Waals surface area (Å²) in [5.41, 5.74) is 1.30. The molecule has 0 fully saturated rings. The molecule has 6 nitrogen and oxygen atoms in total. The van der Waals surface area contributed by atoms with Crippen molar-refractivity contribution >= 4 is 27.3 Å². The lowest BCUT2D eigenvalue weighted by Crippen LogP contribution is -2.35. The van der Waals surface area contributed by atoms with Gasteiger partial charge in [-0.1, -0.05) is 30.3 Å². The molecule has 0 spiro atoms. The van der Waals surface area contributed by atoms with Crippen molar-refractivity contribution in [2.75, 3.05) is 23.4 Å². The number of nitrogens with one attached hydrogen (secondary N) is 2. The normalized spacial score (nSPS) is 11.0. The standard InChI is InChI=1S/C18H19FN2O4S/c19-15-8-6-14(7-9-15)10-11-20-17(22)12-26(24,25)13-18(23)21-16-4-2-1-3-5-16/h1-9H,10-13H2,(H,20,22)(H,21,23). The maximum absolute atomic E-state index is 12.8. The van der Waals surface area contributed by atoms with Gasteiger partial charge in [0.15, 0.2) is 9.84 Å². The number of halogens is 1. The Hall–Kier alpha value is -2.74. The minimum absolute atomic E-state index is 0.218. The molecule has 2 aromatic carbocycles. The van der Waals surface area contributed by atoms with Crippen LogP contribution in [0.1, 0.15) is 5.56 Å². The lowest BCUT2D eigenvalue weighted by atomic mass is 10.1. The van der Waals surface area contributed by atoms with E-state index in [2.05, 4.69) is 10.6 Å². The molecule has 0 aliphatic rings. The summed E-state index contributed by atoms with van der Waals surface area (Å²) in [7, 11) is -3.87. The number of carbonyl (C=O) groups excluding carboxylic acids is 2. The smallest absolute Gasteiger partial charge is 0.239 e. The van der Waals surface area contributed by atoms with Gasteiger partial charge in [0.25, 0.3) is 0 Å². The van der Waals surface area contributed by atoms with E-state index in [1.807, 2.05) is 0 Å². The molecule has 0 radical (unpaired) electrons. The molecule has 0 bridgehead atoms. The predicted molar refractivity (Wildman–Crippen MR) is 96.8 cm³/mol. The highest BCUT2D eigenvalue weighted by Gasteiger charge is 2.20. The number of amides is 2. The van der Waals surface area contributed by atoms with Crippen LogP contribution in [0.5, 0.6) is 0 Å². The Morgan fingerprint density at radius 1 is 0.885 bits per heavy atom. The Labute approximate surface area is 151 Å². The highest BCUT2D eigenvalue weighted by molar-refractivity contribution is 7.92. The van der Waals surface area contributed by atoms with Crippen molar-refractivity contribution in [3.05, 3.63) is 66.0 Å². The summed E-state index contributed by atoms with van der Waals surface area (Å²) in [6.45, 7) is 0.218. The molecule has 0 saturated heterocycles. The molecule has 0 saturated carbocycles. The highest BCUT2D eigenvalue weighted by Crippen LogP contribution is 2.05. The van der Waals surface area contributed by atoms with Gasteiger partial charge in [-0.25, -0.2) is 12.8 Å². The first-order valence-corrected chi connectivity index (χ1v) is 9.73. The number of para-hydroxylation sites is 1. The zero-order valence-corrected chi connectivity index (χ0v) is 14.8. The molecule has 8 heteroatoms. The molecule has 0 aliphatic carbocycles. The predicted octanol–water partition coefficient (Wildman–Crippen LogP) is 1.54. The van der Waals surface area contributed by atoms with Gasteiger partial charge >= 0.3 is 0 Å². The third-order valence-corrected chi connectivity index (χ3v) is 4.81. The van der Waals surface area contributed by atoms with Crippen molar-refractivity contribution in [3.63, 3.8) is 0 Å². The van der Waals surface area contributed by atoms with Gasteiger partial charge in [0, 0.05) is 12.2 Å². The van der Waals surface area contributed by atoms with Crippen molar-refractivity contribution in [1.82, 2.24) is 5.32 Å². The quantitative estimate of drug-likeness (QED) is 0.729. The van der Waals surface area contributed by atoms with Crippen LogP contribution in [-0.4, -0.2) is 38.3 Å². The van der Waals surface area contributed by atoms with Crippen molar-refractivity contribution in [3.8, 4) is 0 Å². The summed E-state index contributed by atoms with van der Waals surface area (Å²) >= 11 is 0. The van der Waals surface area contributed by atoms with Crippen LogP contribution in [0.2, 0.25) is 0 Å². The fraction of sp³-hybridized carbons (Fsp3) is 0.222. The maximum atomic E-state index is 12.8. The van der Waals surface area contributed by atoms with E-state index in [9.17, 15) is 22.4 Å². The summed E-state index contributed by atoms with van der Waals surface area (Å²) < 4.78 is 36.7. The largest absolute Gasteiger partial charge is 0.355 e. The summed E-state index contributed by atoms with van der Waals surface area (Å²) in [4.78, 5) is 23.5. The van der Waals surface area contributed by atoms with Crippen LogP contribution in [0.25, 0.3) is 0 Å². The van der Waals surface area contributed by atoms with Gasteiger partial charge in [0.1, 0.15) is 17.3 Å². The first-order chi connectivity index (χ1) is 12.3. The van der Waals surface area contributed by atoms with Crippen molar-refractivity contribution < 1.29 is 22.4 Å². The van der Waals surface area contributed by atoms with E-state index in [0.29, 0.717) is 12.1 Å². The molecule has 2 aromatic rings. The zero-order chi connectivity index (χ0) is 19.0. The van der Waals surface area contributed by atoms with Gasteiger partial charge in [0.2, 0.25) is 11.8 Å². The molecule has 2 amide bonds. The first-order valence-electron chi connectivity index (χ1n) is 7.90. The summed E-state index contributed by atoms with van der Waals surface area (Å²) in [5, 5.41) is 4.94. The lowest BCUT2D eigenvalue weighted by Gasteiger charge is -2.07. The third-order valence-electron chi connectivity index (χ3n) is 3.41. The molecule has 26 heavy (non-hydrogen) atoms. The van der Waals surface area contributed by atoms with Gasteiger partial charge < -0.3 is 10.6 Å². The van der Waals surface area contributed by atoms with Gasteiger partial charge in [-0.05, 0) is 36.2 Å². The van der Waals surface area contributed by atoms with E-state index in [1.165, 1.54) is 12.1 Å². The Morgan fingerprint density at radius 3 is 2.15 bits per heavy atom. The van der Waals surface area contributed by atoms with Crippen LogP contribution in [0.15, 0.2) is 54.6 Å². The topological polar surface area (TPSA) is 92.3 Å². The van der Waals surface area contributed by atoms with E-state index in [0.717, 1.165) is 5.56 Å². The Balaban J connectivity index is 1.75. The van der Waals surface area contributed by atoms with Crippen LogP contribution >= 0.6 is 0 Å². The Bertz CT molecular complexity index is 853. The molecule has 138 valence electrons. The van der Waals surface area contributed by atoms with Crippen LogP contribution in [0.3, 0.4) is 0 Å². The second kappa shape index (κ2) is 9.10. The molecular weight excluding hydrogens is 359 g/mol. The number of sulfone groups is 1. The van der Waals surface area contributed by atoms with Crippen LogP contribution < -0.4 is 10.6 Å². The minimum Gasteiger partial charge on any atom is -0.355 e. The highest BCUT2D eigenvalue weighted by atomic mass is 32.2. The Kier molecular flexibility index (Phi) is 6.85. The fourth-order valence-electron chi connectivity index (χ4n) is 2.22. The van der Waals surface area contributed by atoms with Gasteiger partial charge in [0.05, 0.1) is 0 Å². The van der Waals surface area contributed by atoms with Crippen molar-refractivity contribution in [1.29, 1.82) is 0 Å². The second-order valence-electron chi connectivity index (χ2n) is 5.67. The number of hydrogen-bond acceptors (Lipinski definition) is 4. The number of benzene rings is 2. The molecular formula is C18H19FN2O4S. The minimum atomic E-state index is -3.87. The SMILES string of the molecule is O=C(CS(=O)(=O)CC(=O)Nc1ccccc1)NCCc1ccc(F)cc1. The van der Waals surface area contributed by atoms with E-state index in [4.69, 9.17) is 0 Å². The fourth-order valence-corrected chi connectivity index (χ4v) is 3.29. The number of anilines is 1. The lowest BCUT2D eigenvalue weighted by molar-refractivity contribution is -0.118. The number of hydrogen-bond donors (Lipinski definition) is 2. The zero-order valence-electron chi connectivity index (χ0n) is 13.9. The maximum Gasteiger partial charge on any atom is 0.239 e. The summed E-state index contributed by atoms with van der Waals surface area (Å²) in [5.74, 6) is -3.26. The van der Waals surface area contributed by atoms with Gasteiger partial charge in [-0.15, -0.1) is 0 Å². The van der Waals surface area contributed by atoms with Gasteiger partial charge in [-0.3, -0.25) is 9.59 Å². The molecule has 0 aliphatic heterocycles. The van der Waals surface area contributed by atoms with Gasteiger partial charge in [-0.2, -0.15) is 0 Å². The van der Waals surface area contributed by atoms with E-state index < -0.39 is 33.2 Å². The molecule has 0 heterocycles. The van der Waals surface area contributed by atoms with E-state index >= 15 is 0 Å². The molecule has 0 unspecified atom stereocenters.